The highest BCUT2D eigenvalue weighted by molar-refractivity contribution is 5.78. The van der Waals surface area contributed by atoms with Crippen LogP contribution < -0.4 is 10.6 Å². The molecular formula is C11H17F3N2O. The summed E-state index contributed by atoms with van der Waals surface area (Å²) < 4.78 is 37.7. The molecular weight excluding hydrogens is 233 g/mol. The highest BCUT2D eigenvalue weighted by atomic mass is 19.4. The maximum absolute atomic E-state index is 12.6. The van der Waals surface area contributed by atoms with Gasteiger partial charge in [-0.1, -0.05) is 12.8 Å². The van der Waals surface area contributed by atoms with Gasteiger partial charge >= 0.3 is 6.18 Å². The van der Waals surface area contributed by atoms with Gasteiger partial charge in [0.1, 0.15) is 5.54 Å². The summed E-state index contributed by atoms with van der Waals surface area (Å²) in [6, 6.07) is 0.158. The van der Waals surface area contributed by atoms with Crippen molar-refractivity contribution in [2.24, 2.45) is 0 Å². The van der Waals surface area contributed by atoms with Gasteiger partial charge in [-0.05, 0) is 25.7 Å². The Hall–Kier alpha value is -0.780. The van der Waals surface area contributed by atoms with Gasteiger partial charge in [-0.2, -0.15) is 13.2 Å². The van der Waals surface area contributed by atoms with Gasteiger partial charge in [0.25, 0.3) is 0 Å². The van der Waals surface area contributed by atoms with E-state index in [4.69, 9.17) is 0 Å². The van der Waals surface area contributed by atoms with Crippen LogP contribution in [0.1, 0.15) is 38.5 Å². The van der Waals surface area contributed by atoms with Gasteiger partial charge in [0.15, 0.2) is 0 Å². The minimum Gasteiger partial charge on any atom is -0.352 e. The van der Waals surface area contributed by atoms with Crippen molar-refractivity contribution in [2.75, 3.05) is 6.54 Å². The van der Waals surface area contributed by atoms with Crippen molar-refractivity contribution in [3.63, 3.8) is 0 Å². The van der Waals surface area contributed by atoms with E-state index in [1.165, 1.54) is 0 Å². The lowest BCUT2D eigenvalue weighted by molar-refractivity contribution is -0.166. The van der Waals surface area contributed by atoms with Crippen LogP contribution in [0.2, 0.25) is 0 Å². The van der Waals surface area contributed by atoms with Crippen molar-refractivity contribution in [2.45, 2.75) is 56.3 Å². The standard InChI is InChI=1S/C11H17F3N2O/c12-11(13,14)10(5-6-10)15-7-9(17)16-8-3-1-2-4-8/h8,15H,1-7H2,(H,16,17). The zero-order valence-corrected chi connectivity index (χ0v) is 9.57. The molecule has 3 nitrogen and oxygen atoms in total. The van der Waals surface area contributed by atoms with E-state index in [1.807, 2.05) is 0 Å². The Labute approximate surface area is 98.1 Å². The van der Waals surface area contributed by atoms with Gasteiger partial charge in [0.05, 0.1) is 6.54 Å². The fourth-order valence-electron chi connectivity index (χ4n) is 2.28. The molecule has 0 aromatic rings. The van der Waals surface area contributed by atoms with E-state index in [0.29, 0.717) is 0 Å². The Kier molecular flexibility index (Phi) is 3.34. The number of rotatable bonds is 4. The Bertz CT molecular complexity index is 294. The molecule has 0 aliphatic heterocycles. The lowest BCUT2D eigenvalue weighted by Gasteiger charge is -2.21. The van der Waals surface area contributed by atoms with Gasteiger partial charge in [0.2, 0.25) is 5.91 Å². The molecule has 2 aliphatic carbocycles. The van der Waals surface area contributed by atoms with Crippen LogP contribution in [0.25, 0.3) is 0 Å². The molecule has 0 unspecified atom stereocenters. The summed E-state index contributed by atoms with van der Waals surface area (Å²) in [5.74, 6) is -0.326. The molecule has 98 valence electrons. The number of carbonyl (C=O) groups is 1. The lowest BCUT2D eigenvalue weighted by atomic mass is 10.2. The summed E-state index contributed by atoms with van der Waals surface area (Å²) in [4.78, 5) is 11.5. The number of amides is 1. The van der Waals surface area contributed by atoms with Crippen molar-refractivity contribution < 1.29 is 18.0 Å². The summed E-state index contributed by atoms with van der Waals surface area (Å²) in [5, 5.41) is 5.11. The number of alkyl halides is 3. The first kappa shape index (κ1) is 12.7. The molecule has 1 amide bonds. The van der Waals surface area contributed by atoms with Gasteiger partial charge in [-0.25, -0.2) is 0 Å². The van der Waals surface area contributed by atoms with E-state index in [-0.39, 0.29) is 31.3 Å². The van der Waals surface area contributed by atoms with Gasteiger partial charge in [-0.3, -0.25) is 10.1 Å². The summed E-state index contributed by atoms with van der Waals surface area (Å²) in [6.07, 6.45) is -0.0386. The average molecular weight is 250 g/mol. The second-order valence-corrected chi connectivity index (χ2v) is 4.98. The Morgan fingerprint density at radius 1 is 1.24 bits per heavy atom. The predicted octanol–water partition coefficient (Wildman–Crippen LogP) is 1.73. The Morgan fingerprint density at radius 3 is 2.29 bits per heavy atom. The molecule has 6 heteroatoms. The molecule has 0 saturated heterocycles. The largest absolute Gasteiger partial charge is 0.406 e. The summed E-state index contributed by atoms with van der Waals surface area (Å²) in [5.41, 5.74) is -1.79. The molecule has 0 heterocycles. The Balaban J connectivity index is 1.73. The molecule has 2 rings (SSSR count). The van der Waals surface area contributed by atoms with Crippen molar-refractivity contribution in [1.82, 2.24) is 10.6 Å². The van der Waals surface area contributed by atoms with Crippen LogP contribution in [-0.2, 0) is 4.79 Å². The van der Waals surface area contributed by atoms with Crippen LogP contribution >= 0.6 is 0 Å². The van der Waals surface area contributed by atoms with Crippen molar-refractivity contribution in [3.05, 3.63) is 0 Å². The second-order valence-electron chi connectivity index (χ2n) is 4.98. The summed E-state index contributed by atoms with van der Waals surface area (Å²) >= 11 is 0. The molecule has 2 fully saturated rings. The highest BCUT2D eigenvalue weighted by Gasteiger charge is 2.63. The predicted molar refractivity (Wildman–Crippen MR) is 56.4 cm³/mol. The number of hydrogen-bond donors (Lipinski definition) is 2. The van der Waals surface area contributed by atoms with Crippen LogP contribution in [-0.4, -0.2) is 30.2 Å². The van der Waals surface area contributed by atoms with E-state index < -0.39 is 11.7 Å². The molecule has 0 aromatic heterocycles. The molecule has 0 bridgehead atoms. The maximum Gasteiger partial charge on any atom is 0.406 e. The second kappa shape index (κ2) is 4.48. The first-order chi connectivity index (χ1) is 7.93. The quantitative estimate of drug-likeness (QED) is 0.797. The lowest BCUT2D eigenvalue weighted by Crippen LogP contribution is -2.49. The van der Waals surface area contributed by atoms with Crippen molar-refractivity contribution >= 4 is 5.91 Å². The van der Waals surface area contributed by atoms with E-state index in [9.17, 15) is 18.0 Å². The number of hydrogen-bond acceptors (Lipinski definition) is 2. The normalized spacial score (nSPS) is 23.7. The van der Waals surface area contributed by atoms with Gasteiger partial charge < -0.3 is 5.32 Å². The molecule has 0 atom stereocenters. The SMILES string of the molecule is O=C(CNC1(C(F)(F)F)CC1)NC1CCCC1. The molecule has 2 N–H and O–H groups in total. The van der Waals surface area contributed by atoms with Crippen LogP contribution in [0.4, 0.5) is 13.2 Å². The van der Waals surface area contributed by atoms with Crippen LogP contribution in [0.5, 0.6) is 0 Å². The maximum atomic E-state index is 12.6. The van der Waals surface area contributed by atoms with E-state index in [1.54, 1.807) is 0 Å². The topological polar surface area (TPSA) is 41.1 Å². The number of halogens is 3. The van der Waals surface area contributed by atoms with Crippen molar-refractivity contribution in [3.8, 4) is 0 Å². The third-order valence-corrected chi connectivity index (χ3v) is 3.60. The third-order valence-electron chi connectivity index (χ3n) is 3.60. The summed E-state index contributed by atoms with van der Waals surface area (Å²) in [6.45, 7) is -0.240. The number of carbonyl (C=O) groups excluding carboxylic acids is 1. The van der Waals surface area contributed by atoms with E-state index >= 15 is 0 Å². The third kappa shape index (κ3) is 2.91. The first-order valence-electron chi connectivity index (χ1n) is 6.04. The van der Waals surface area contributed by atoms with Crippen LogP contribution in [0.15, 0.2) is 0 Å². The Morgan fingerprint density at radius 2 is 1.82 bits per heavy atom. The summed E-state index contributed by atoms with van der Waals surface area (Å²) in [7, 11) is 0. The smallest absolute Gasteiger partial charge is 0.352 e. The average Bonchev–Trinajstić information content (AvgIpc) is 2.88. The fraction of sp³-hybridized carbons (Fsp3) is 0.909. The van der Waals surface area contributed by atoms with Crippen LogP contribution in [0.3, 0.4) is 0 Å². The van der Waals surface area contributed by atoms with E-state index in [0.717, 1.165) is 25.7 Å². The molecule has 2 aliphatic rings. The highest BCUT2D eigenvalue weighted by Crippen LogP contribution is 2.48. The minimum absolute atomic E-state index is 0.0766. The molecule has 0 aromatic carbocycles. The first-order valence-corrected chi connectivity index (χ1v) is 6.04. The number of nitrogens with one attached hydrogen (secondary N) is 2. The van der Waals surface area contributed by atoms with Gasteiger partial charge in [-0.15, -0.1) is 0 Å². The molecule has 17 heavy (non-hydrogen) atoms. The minimum atomic E-state index is -4.25. The van der Waals surface area contributed by atoms with Crippen LogP contribution in [0, 0.1) is 0 Å². The van der Waals surface area contributed by atoms with Crippen molar-refractivity contribution in [1.29, 1.82) is 0 Å². The molecule has 0 spiro atoms. The molecule has 2 saturated carbocycles. The fourth-order valence-corrected chi connectivity index (χ4v) is 2.28. The monoisotopic (exact) mass is 250 g/mol. The zero-order chi connectivity index (χ0) is 12.5. The van der Waals surface area contributed by atoms with Gasteiger partial charge in [0, 0.05) is 6.04 Å². The van der Waals surface area contributed by atoms with E-state index in [2.05, 4.69) is 10.6 Å². The zero-order valence-electron chi connectivity index (χ0n) is 9.57. The molecule has 0 radical (unpaired) electrons.